The highest BCUT2D eigenvalue weighted by atomic mass is 32.2. The van der Waals surface area contributed by atoms with Gasteiger partial charge in [0.1, 0.15) is 0 Å². The molecule has 0 spiro atoms. The van der Waals surface area contributed by atoms with Gasteiger partial charge in [-0.25, -0.2) is 8.42 Å². The van der Waals surface area contributed by atoms with Crippen molar-refractivity contribution in [2.45, 2.75) is 50.3 Å². The first-order chi connectivity index (χ1) is 17.4. The van der Waals surface area contributed by atoms with Crippen LogP contribution < -0.4 is 5.32 Å². The summed E-state index contributed by atoms with van der Waals surface area (Å²) in [5.74, 6) is -0.188. The second kappa shape index (κ2) is 10.2. The Labute approximate surface area is 212 Å². The van der Waals surface area contributed by atoms with Crippen molar-refractivity contribution in [1.82, 2.24) is 14.8 Å². The molecule has 0 atom stereocenters. The molecular formula is C27H34N4O4S. The maximum Gasteiger partial charge on any atom is 0.256 e. The minimum atomic E-state index is -3.37. The molecule has 9 heteroatoms. The first-order valence-corrected chi connectivity index (χ1v) is 14.6. The highest BCUT2D eigenvalue weighted by molar-refractivity contribution is 7.91. The third kappa shape index (κ3) is 4.86. The van der Waals surface area contributed by atoms with Crippen molar-refractivity contribution in [3.8, 4) is 0 Å². The molecule has 192 valence electrons. The van der Waals surface area contributed by atoms with Crippen molar-refractivity contribution in [3.63, 3.8) is 0 Å². The van der Waals surface area contributed by atoms with Crippen LogP contribution in [0.15, 0.2) is 23.1 Å². The fourth-order valence-corrected chi connectivity index (χ4v) is 6.48. The molecule has 2 aromatic rings. The summed E-state index contributed by atoms with van der Waals surface area (Å²) < 4.78 is 24.9. The summed E-state index contributed by atoms with van der Waals surface area (Å²) in [6.45, 7) is 5.97. The van der Waals surface area contributed by atoms with E-state index in [1.165, 1.54) is 23.2 Å². The number of aromatic amines is 1. The van der Waals surface area contributed by atoms with E-state index in [0.717, 1.165) is 76.9 Å². The maximum absolute atomic E-state index is 12.9. The second-order valence-electron chi connectivity index (χ2n) is 9.89. The third-order valence-electron chi connectivity index (χ3n) is 7.70. The second-order valence-corrected chi connectivity index (χ2v) is 12.2. The Kier molecular flexibility index (Phi) is 7.03. The van der Waals surface area contributed by atoms with Gasteiger partial charge in [-0.15, -0.1) is 0 Å². The lowest BCUT2D eigenvalue weighted by atomic mass is 9.92. The van der Waals surface area contributed by atoms with E-state index in [4.69, 9.17) is 0 Å². The molecular weight excluding hydrogens is 476 g/mol. The molecule has 0 saturated carbocycles. The van der Waals surface area contributed by atoms with Gasteiger partial charge in [0, 0.05) is 48.8 Å². The van der Waals surface area contributed by atoms with Gasteiger partial charge in [0.05, 0.1) is 16.2 Å². The van der Waals surface area contributed by atoms with Crippen molar-refractivity contribution in [1.29, 1.82) is 0 Å². The Morgan fingerprint density at radius 1 is 1.08 bits per heavy atom. The number of aryl methyl sites for hydroxylation is 1. The Morgan fingerprint density at radius 3 is 2.61 bits per heavy atom. The lowest BCUT2D eigenvalue weighted by Gasteiger charge is -2.32. The first kappa shape index (κ1) is 24.8. The molecule has 36 heavy (non-hydrogen) atoms. The molecule has 1 aromatic heterocycles. The Morgan fingerprint density at radius 2 is 1.86 bits per heavy atom. The van der Waals surface area contributed by atoms with Crippen molar-refractivity contribution >= 4 is 39.5 Å². The van der Waals surface area contributed by atoms with Gasteiger partial charge in [-0.1, -0.05) is 6.92 Å². The topological polar surface area (TPSA) is 103 Å². The predicted molar refractivity (Wildman–Crippen MR) is 141 cm³/mol. The maximum atomic E-state index is 12.9. The fourth-order valence-electron chi connectivity index (χ4n) is 5.57. The van der Waals surface area contributed by atoms with E-state index >= 15 is 0 Å². The standard InChI is InChI=1S/C27H34N4O4S/c1-2-36(34,35)19-9-10-25-22(16-19)23(27(33)29-25)17-26-21(20-6-3-4-8-24(20)28-26)7-5-11-30-12-14-31(18-32)15-13-30/h9-10,16-18,28H,2-8,11-15H2,1H3,(H,29,33)/b23-17-. The SMILES string of the molecule is CCS(=O)(=O)c1ccc2c(c1)/C(=C/c1[nH]c3c(c1CCCN1CCN(C=O)CC1)CCCC3)C(=O)N2. The summed E-state index contributed by atoms with van der Waals surface area (Å²) in [4.78, 5) is 32.0. The number of carbonyl (C=O) groups excluding carboxylic acids is 2. The van der Waals surface area contributed by atoms with E-state index in [1.807, 2.05) is 11.0 Å². The number of piperazine rings is 1. The van der Waals surface area contributed by atoms with Crippen molar-refractivity contribution in [3.05, 3.63) is 46.3 Å². The number of sulfone groups is 1. The summed E-state index contributed by atoms with van der Waals surface area (Å²) in [6, 6.07) is 4.87. The summed E-state index contributed by atoms with van der Waals surface area (Å²) in [6.07, 6.45) is 9.15. The van der Waals surface area contributed by atoms with Gasteiger partial charge in [-0.2, -0.15) is 0 Å². The highest BCUT2D eigenvalue weighted by Crippen LogP contribution is 2.37. The molecule has 1 saturated heterocycles. The number of carbonyl (C=O) groups is 2. The molecule has 1 aliphatic carbocycles. The van der Waals surface area contributed by atoms with E-state index in [1.54, 1.807) is 25.1 Å². The van der Waals surface area contributed by atoms with Crippen LogP contribution in [0.4, 0.5) is 5.69 Å². The Balaban J connectivity index is 1.42. The van der Waals surface area contributed by atoms with Gasteiger partial charge >= 0.3 is 0 Å². The fraction of sp³-hybridized carbons (Fsp3) is 0.481. The molecule has 3 heterocycles. The van der Waals surface area contributed by atoms with Crippen LogP contribution in [0.2, 0.25) is 0 Å². The number of fused-ring (bicyclic) bond motifs is 2. The normalized spacial score (nSPS) is 19.3. The summed E-state index contributed by atoms with van der Waals surface area (Å²) >= 11 is 0. The largest absolute Gasteiger partial charge is 0.358 e. The van der Waals surface area contributed by atoms with Crippen LogP contribution >= 0.6 is 0 Å². The minimum Gasteiger partial charge on any atom is -0.358 e. The summed E-state index contributed by atoms with van der Waals surface area (Å²) in [7, 11) is -3.37. The number of nitrogens with one attached hydrogen (secondary N) is 2. The van der Waals surface area contributed by atoms with Crippen LogP contribution in [0, 0.1) is 0 Å². The van der Waals surface area contributed by atoms with E-state index in [2.05, 4.69) is 15.2 Å². The molecule has 2 aliphatic heterocycles. The minimum absolute atomic E-state index is 0.0178. The molecule has 8 nitrogen and oxygen atoms in total. The van der Waals surface area contributed by atoms with E-state index < -0.39 is 9.84 Å². The number of H-pyrrole nitrogens is 1. The molecule has 0 unspecified atom stereocenters. The van der Waals surface area contributed by atoms with Gasteiger partial charge in [0.15, 0.2) is 9.84 Å². The van der Waals surface area contributed by atoms with Gasteiger partial charge in [0.2, 0.25) is 6.41 Å². The first-order valence-electron chi connectivity index (χ1n) is 12.9. The lowest BCUT2D eigenvalue weighted by Crippen LogP contribution is -2.45. The average Bonchev–Trinajstić information content (AvgIpc) is 3.40. The third-order valence-corrected chi connectivity index (χ3v) is 9.43. The Bertz CT molecular complexity index is 1300. The molecule has 5 rings (SSSR count). The number of hydrogen-bond donors (Lipinski definition) is 2. The number of nitrogens with zero attached hydrogens (tertiary/aromatic N) is 2. The molecule has 2 amide bonds. The van der Waals surface area contributed by atoms with Crippen molar-refractivity contribution < 1.29 is 18.0 Å². The number of rotatable bonds is 8. The Hall–Kier alpha value is -2.91. The van der Waals surface area contributed by atoms with Crippen LogP contribution in [0.5, 0.6) is 0 Å². The molecule has 0 radical (unpaired) electrons. The van der Waals surface area contributed by atoms with E-state index in [-0.39, 0.29) is 16.6 Å². The zero-order chi connectivity index (χ0) is 25.3. The number of anilines is 1. The molecule has 2 N–H and O–H groups in total. The van der Waals surface area contributed by atoms with Gasteiger partial charge in [0.25, 0.3) is 5.91 Å². The summed E-state index contributed by atoms with van der Waals surface area (Å²) in [5, 5.41) is 2.89. The smallest absolute Gasteiger partial charge is 0.256 e. The van der Waals surface area contributed by atoms with Crippen molar-refractivity contribution in [2.75, 3.05) is 43.8 Å². The van der Waals surface area contributed by atoms with Crippen LogP contribution in [-0.2, 0) is 38.7 Å². The molecule has 3 aliphatic rings. The van der Waals surface area contributed by atoms with Gasteiger partial charge in [-0.05, 0) is 80.5 Å². The van der Waals surface area contributed by atoms with Crippen LogP contribution in [0.1, 0.15) is 54.3 Å². The monoisotopic (exact) mass is 510 g/mol. The number of hydrogen-bond acceptors (Lipinski definition) is 5. The number of aromatic nitrogens is 1. The van der Waals surface area contributed by atoms with Crippen LogP contribution in [-0.4, -0.2) is 74.0 Å². The van der Waals surface area contributed by atoms with Gasteiger partial charge in [-0.3, -0.25) is 14.5 Å². The van der Waals surface area contributed by atoms with Crippen LogP contribution in [0.25, 0.3) is 11.6 Å². The van der Waals surface area contributed by atoms with Crippen molar-refractivity contribution in [2.24, 2.45) is 0 Å². The zero-order valence-electron chi connectivity index (χ0n) is 20.8. The zero-order valence-corrected chi connectivity index (χ0v) is 21.6. The average molecular weight is 511 g/mol. The highest BCUT2D eigenvalue weighted by Gasteiger charge is 2.28. The van der Waals surface area contributed by atoms with E-state index in [0.29, 0.717) is 16.8 Å². The van der Waals surface area contributed by atoms with Gasteiger partial charge < -0.3 is 15.2 Å². The quantitative estimate of drug-likeness (QED) is 0.420. The van der Waals surface area contributed by atoms with E-state index in [9.17, 15) is 18.0 Å². The molecule has 1 fully saturated rings. The van der Waals surface area contributed by atoms with Crippen LogP contribution in [0.3, 0.4) is 0 Å². The predicted octanol–water partition coefficient (Wildman–Crippen LogP) is 2.89. The summed E-state index contributed by atoms with van der Waals surface area (Å²) in [5.41, 5.74) is 6.69. The number of benzene rings is 1. The lowest BCUT2D eigenvalue weighted by molar-refractivity contribution is -0.119. The molecule has 1 aromatic carbocycles. The molecule has 0 bridgehead atoms. The number of amides is 2.